The Morgan fingerprint density at radius 1 is 1.48 bits per heavy atom. The maximum Gasteiger partial charge on any atom is 0.271 e. The molecule has 0 spiro atoms. The van der Waals surface area contributed by atoms with Crippen molar-refractivity contribution in [1.29, 1.82) is 0 Å². The number of piperidine rings is 1. The number of benzene rings is 1. The molecule has 1 aliphatic rings. The highest BCUT2D eigenvalue weighted by Gasteiger charge is 2.29. The summed E-state index contributed by atoms with van der Waals surface area (Å²) in [5.41, 5.74) is 0.133. The number of likely N-dealkylation sites (tertiary alicyclic amines) is 1. The van der Waals surface area contributed by atoms with Crippen LogP contribution in [0.4, 0.5) is 5.69 Å². The summed E-state index contributed by atoms with van der Waals surface area (Å²) in [7, 11) is 0. The molecule has 112 valence electrons. The summed E-state index contributed by atoms with van der Waals surface area (Å²) in [6.45, 7) is 2.67. The van der Waals surface area contributed by atoms with Gasteiger partial charge in [-0.25, -0.2) is 0 Å². The molecule has 0 aromatic heterocycles. The number of rotatable bonds is 3. The number of nitro groups is 1. The van der Waals surface area contributed by atoms with E-state index in [9.17, 15) is 19.7 Å². The zero-order valence-electron chi connectivity index (χ0n) is 11.5. The van der Waals surface area contributed by atoms with Crippen molar-refractivity contribution in [2.75, 3.05) is 13.1 Å². The van der Waals surface area contributed by atoms with Crippen LogP contribution in [0.3, 0.4) is 0 Å². The van der Waals surface area contributed by atoms with Crippen LogP contribution in [-0.4, -0.2) is 34.6 Å². The van der Waals surface area contributed by atoms with Gasteiger partial charge in [-0.05, 0) is 12.5 Å². The Hall–Kier alpha value is -1.76. The fourth-order valence-electron chi connectivity index (χ4n) is 2.44. The van der Waals surface area contributed by atoms with Gasteiger partial charge in [-0.15, -0.1) is 0 Å². The zero-order valence-corrected chi connectivity index (χ0v) is 13.1. The average molecular weight is 355 g/mol. The molecule has 1 aromatic rings. The number of Topliss-reactive ketones (excluding diaryl/α,β-unsaturated/α-hetero) is 1. The van der Waals surface area contributed by atoms with Gasteiger partial charge in [0.15, 0.2) is 0 Å². The zero-order chi connectivity index (χ0) is 15.6. The molecule has 7 heteroatoms. The molecule has 1 amide bonds. The molecule has 1 fully saturated rings. The van der Waals surface area contributed by atoms with Crippen LogP contribution in [0, 0.1) is 16.0 Å². The summed E-state index contributed by atoms with van der Waals surface area (Å²) in [6.07, 6.45) is 1.04. The number of nitrogens with zero attached hydrogens (tertiary/aromatic N) is 2. The van der Waals surface area contributed by atoms with Crippen molar-refractivity contribution in [2.45, 2.75) is 19.8 Å². The van der Waals surface area contributed by atoms with E-state index in [0.717, 1.165) is 0 Å². The largest absolute Gasteiger partial charge is 0.337 e. The molecule has 1 atom stereocenters. The smallest absolute Gasteiger partial charge is 0.271 e. The van der Waals surface area contributed by atoms with Crippen molar-refractivity contribution < 1.29 is 14.5 Å². The van der Waals surface area contributed by atoms with Crippen LogP contribution in [0.25, 0.3) is 0 Å². The Labute approximate surface area is 130 Å². The predicted octanol–water partition coefficient (Wildman–Crippen LogP) is 2.80. The number of ketones is 1. The third-order valence-electron chi connectivity index (χ3n) is 3.64. The first-order valence-corrected chi connectivity index (χ1v) is 7.48. The number of halogens is 1. The van der Waals surface area contributed by atoms with Gasteiger partial charge in [0.25, 0.3) is 11.6 Å². The van der Waals surface area contributed by atoms with E-state index in [2.05, 4.69) is 15.9 Å². The number of amides is 1. The van der Waals surface area contributed by atoms with Crippen LogP contribution in [0.1, 0.15) is 30.1 Å². The molecule has 0 saturated carbocycles. The van der Waals surface area contributed by atoms with Crippen LogP contribution >= 0.6 is 15.9 Å². The molecule has 1 aromatic carbocycles. The molecular formula is C14H15BrN2O4. The van der Waals surface area contributed by atoms with Gasteiger partial charge in [0.2, 0.25) is 0 Å². The van der Waals surface area contributed by atoms with Gasteiger partial charge in [0.05, 0.1) is 4.92 Å². The summed E-state index contributed by atoms with van der Waals surface area (Å²) < 4.78 is 0.486. The van der Waals surface area contributed by atoms with Crippen molar-refractivity contribution in [1.82, 2.24) is 4.90 Å². The molecule has 1 aliphatic heterocycles. The molecule has 0 N–H and O–H groups in total. The lowest BCUT2D eigenvalue weighted by atomic mass is 9.93. The first-order valence-electron chi connectivity index (χ1n) is 6.69. The summed E-state index contributed by atoms with van der Waals surface area (Å²) >= 11 is 3.18. The normalized spacial score (nSPS) is 18.7. The third kappa shape index (κ3) is 3.47. The highest BCUT2D eigenvalue weighted by Crippen LogP contribution is 2.24. The van der Waals surface area contributed by atoms with E-state index >= 15 is 0 Å². The molecule has 1 heterocycles. The van der Waals surface area contributed by atoms with Crippen LogP contribution in [-0.2, 0) is 4.79 Å². The van der Waals surface area contributed by atoms with E-state index in [1.165, 1.54) is 12.1 Å². The Bertz CT molecular complexity index is 603. The van der Waals surface area contributed by atoms with Gasteiger partial charge < -0.3 is 4.90 Å². The monoisotopic (exact) mass is 354 g/mol. The summed E-state index contributed by atoms with van der Waals surface area (Å²) in [4.78, 5) is 36.1. The van der Waals surface area contributed by atoms with E-state index in [0.29, 0.717) is 30.4 Å². The number of non-ortho nitro benzene ring substituents is 1. The molecule has 0 aliphatic carbocycles. The maximum absolute atomic E-state index is 12.5. The summed E-state index contributed by atoms with van der Waals surface area (Å²) in [6, 6.07) is 4.18. The van der Waals surface area contributed by atoms with Crippen molar-refractivity contribution >= 4 is 33.3 Å². The number of nitro benzene ring substituents is 1. The molecule has 0 radical (unpaired) electrons. The van der Waals surface area contributed by atoms with Crippen LogP contribution in [0.5, 0.6) is 0 Å². The van der Waals surface area contributed by atoms with E-state index in [1.54, 1.807) is 11.0 Å². The topological polar surface area (TPSA) is 80.5 Å². The van der Waals surface area contributed by atoms with Gasteiger partial charge >= 0.3 is 0 Å². The summed E-state index contributed by atoms with van der Waals surface area (Å²) in [5, 5.41) is 10.9. The average Bonchev–Trinajstić information content (AvgIpc) is 2.46. The van der Waals surface area contributed by atoms with Gasteiger partial charge in [-0.1, -0.05) is 22.9 Å². The van der Waals surface area contributed by atoms with E-state index in [4.69, 9.17) is 0 Å². The number of hydrogen-bond donors (Lipinski definition) is 0. The Morgan fingerprint density at radius 2 is 2.19 bits per heavy atom. The fourth-order valence-corrected chi connectivity index (χ4v) is 2.92. The first-order chi connectivity index (χ1) is 9.92. The predicted molar refractivity (Wildman–Crippen MR) is 80.1 cm³/mol. The van der Waals surface area contributed by atoms with Gasteiger partial charge in [-0.3, -0.25) is 19.7 Å². The molecule has 1 unspecified atom stereocenters. The second-order valence-electron chi connectivity index (χ2n) is 5.03. The second-order valence-corrected chi connectivity index (χ2v) is 5.94. The van der Waals surface area contributed by atoms with E-state index in [1.807, 2.05) is 6.92 Å². The quantitative estimate of drug-likeness (QED) is 0.617. The minimum absolute atomic E-state index is 0.132. The molecule has 1 saturated heterocycles. The Morgan fingerprint density at radius 3 is 2.81 bits per heavy atom. The third-order valence-corrected chi connectivity index (χ3v) is 4.10. The fraction of sp³-hybridized carbons (Fsp3) is 0.429. The van der Waals surface area contributed by atoms with Crippen molar-refractivity contribution in [3.63, 3.8) is 0 Å². The van der Waals surface area contributed by atoms with Crippen molar-refractivity contribution in [3.05, 3.63) is 38.3 Å². The van der Waals surface area contributed by atoms with Crippen LogP contribution < -0.4 is 0 Å². The highest BCUT2D eigenvalue weighted by atomic mass is 79.9. The lowest BCUT2D eigenvalue weighted by Crippen LogP contribution is -2.43. The first kappa shape index (κ1) is 15.6. The van der Waals surface area contributed by atoms with Gasteiger partial charge in [-0.2, -0.15) is 0 Å². The SMILES string of the molecule is CCC1CN(C(=O)c2cc(Br)cc([N+](=O)[O-])c2)CCC1=O. The Balaban J connectivity index is 2.24. The minimum atomic E-state index is -0.532. The van der Waals surface area contributed by atoms with Crippen molar-refractivity contribution in [2.24, 2.45) is 5.92 Å². The van der Waals surface area contributed by atoms with Crippen LogP contribution in [0.2, 0.25) is 0 Å². The minimum Gasteiger partial charge on any atom is -0.337 e. The standard InChI is InChI=1S/C14H15BrN2O4/c1-2-9-8-16(4-3-13(9)18)14(19)10-5-11(15)7-12(6-10)17(20)21/h5-7,9H,2-4,8H2,1H3. The lowest BCUT2D eigenvalue weighted by Gasteiger charge is -2.31. The van der Waals surface area contributed by atoms with E-state index < -0.39 is 4.92 Å². The highest BCUT2D eigenvalue weighted by molar-refractivity contribution is 9.10. The van der Waals surface area contributed by atoms with E-state index in [-0.39, 0.29) is 28.9 Å². The Kier molecular flexibility index (Phi) is 4.72. The van der Waals surface area contributed by atoms with Gasteiger partial charge in [0, 0.05) is 47.6 Å². The molecule has 0 bridgehead atoms. The van der Waals surface area contributed by atoms with Crippen LogP contribution in [0.15, 0.2) is 22.7 Å². The second kappa shape index (κ2) is 6.34. The maximum atomic E-state index is 12.5. The molecule has 21 heavy (non-hydrogen) atoms. The number of carbonyl (C=O) groups excluding carboxylic acids is 2. The molecule has 6 nitrogen and oxygen atoms in total. The lowest BCUT2D eigenvalue weighted by molar-refractivity contribution is -0.385. The number of carbonyl (C=O) groups is 2. The van der Waals surface area contributed by atoms with Crippen molar-refractivity contribution in [3.8, 4) is 0 Å². The number of hydrogen-bond acceptors (Lipinski definition) is 4. The van der Waals surface area contributed by atoms with Gasteiger partial charge in [0.1, 0.15) is 5.78 Å². The molecular weight excluding hydrogens is 340 g/mol. The molecule has 2 rings (SSSR count). The summed E-state index contributed by atoms with van der Waals surface area (Å²) in [5.74, 6) is -0.225.